The van der Waals surface area contributed by atoms with Crippen LogP contribution in [0.4, 0.5) is 0 Å². The molecule has 0 atom stereocenters. The average molecular weight is 891 g/mol. The first kappa shape index (κ1) is 46.2. The van der Waals surface area contributed by atoms with Gasteiger partial charge in [0.25, 0.3) is 0 Å². The van der Waals surface area contributed by atoms with E-state index in [1.165, 1.54) is 0 Å². The number of aliphatic hydroxyl groups excluding tert-OH is 1. The van der Waals surface area contributed by atoms with Gasteiger partial charge in [-0.15, -0.1) is 26.3 Å². The van der Waals surface area contributed by atoms with Crippen molar-refractivity contribution in [3.8, 4) is 33.8 Å². The molecule has 4 heterocycles. The summed E-state index contributed by atoms with van der Waals surface area (Å²) in [5, 5.41) is 13.2. The van der Waals surface area contributed by atoms with Crippen molar-refractivity contribution in [1.29, 1.82) is 0 Å². The minimum absolute atomic E-state index is 0.149. The number of ether oxygens (including phenoxy) is 4. The molecule has 2 aliphatic heterocycles. The third-order valence-electron chi connectivity index (χ3n) is 12.2. The monoisotopic (exact) mass is 890 g/mol. The fraction of sp³-hybridized carbons (Fsp3) is 0.309. The Hall–Kier alpha value is -6.34. The zero-order valence-corrected chi connectivity index (χ0v) is 37.6. The largest absolute Gasteiger partial charge is 0.490 e. The quantitative estimate of drug-likeness (QED) is 0.0586. The summed E-state index contributed by atoms with van der Waals surface area (Å²) in [5.74, 6) is 0.968. The first-order chi connectivity index (χ1) is 32.3. The zero-order valence-electron chi connectivity index (χ0n) is 37.6. The maximum atomic E-state index is 14.1. The Labute approximate surface area is 385 Å². The molecular weight excluding hydrogens is 833 g/mol. The smallest absolute Gasteiger partial charge is 0.341 e. The predicted molar refractivity (Wildman–Crippen MR) is 261 cm³/mol. The Bertz CT molecular complexity index is 2630. The molecule has 11 heteroatoms. The van der Waals surface area contributed by atoms with Gasteiger partial charge in [0.1, 0.15) is 42.0 Å². The first-order valence-corrected chi connectivity index (χ1v) is 22.7. The van der Waals surface area contributed by atoms with Crippen LogP contribution < -0.4 is 20.7 Å². The molecule has 6 aromatic rings. The van der Waals surface area contributed by atoms with Crippen LogP contribution >= 0.6 is 0 Å². The standard InChI is InChI=1S/C55H58N2O9/c1-5-15-39-31-44-48(37-19-11-9-12-20-37)46(33-56-23-27-61-28-24-56)54(59)65-52(44)42(17-7-3)50(39)63-35-41(58)36-64-51-40(16-6-2)32-45-49(38-21-13-10-14-22-38)47(34-57-25-29-62-30-26-57)55(60)66-53(45)43(51)18-8-4/h5-14,19-22,31-32,41,58H,1-4,15-18,23-30,33-36H2. The lowest BCUT2D eigenvalue weighted by atomic mass is 9.92. The maximum absolute atomic E-state index is 14.1. The molecule has 1 N–H and O–H groups in total. The van der Waals surface area contributed by atoms with Crippen molar-refractivity contribution in [2.24, 2.45) is 0 Å². The van der Waals surface area contributed by atoms with Gasteiger partial charge in [0.2, 0.25) is 0 Å². The summed E-state index contributed by atoms with van der Waals surface area (Å²) < 4.78 is 36.8. The highest BCUT2D eigenvalue weighted by Gasteiger charge is 2.28. The molecule has 342 valence electrons. The summed E-state index contributed by atoms with van der Waals surface area (Å²) in [4.78, 5) is 32.6. The van der Waals surface area contributed by atoms with Crippen molar-refractivity contribution >= 4 is 21.9 Å². The SMILES string of the molecule is C=CCc1cc2c(-c3ccccc3)c(CN3CCOCC3)c(=O)oc2c(CC=C)c1OCC(O)COc1c(CC=C)cc2c(-c3ccccc3)c(CN3CCOCC3)c(=O)oc2c1CC=C. The highest BCUT2D eigenvalue weighted by molar-refractivity contribution is 5.99. The Kier molecular flexibility index (Phi) is 15.2. The van der Waals surface area contributed by atoms with Gasteiger partial charge in [0, 0.05) is 72.3 Å². The van der Waals surface area contributed by atoms with Crippen LogP contribution in [0, 0.1) is 0 Å². The number of morpholine rings is 2. The van der Waals surface area contributed by atoms with E-state index in [9.17, 15) is 14.7 Å². The molecule has 0 aliphatic carbocycles. The van der Waals surface area contributed by atoms with Crippen LogP contribution in [0.3, 0.4) is 0 Å². The second kappa shape index (κ2) is 21.8. The molecule has 2 aromatic heterocycles. The summed E-state index contributed by atoms with van der Waals surface area (Å²) in [6, 6.07) is 23.8. The van der Waals surface area contributed by atoms with Crippen molar-refractivity contribution in [3.05, 3.63) is 178 Å². The number of aliphatic hydroxyl groups is 1. The van der Waals surface area contributed by atoms with Gasteiger partial charge in [-0.3, -0.25) is 9.80 Å². The van der Waals surface area contributed by atoms with Crippen LogP contribution in [0.2, 0.25) is 0 Å². The van der Waals surface area contributed by atoms with Crippen molar-refractivity contribution in [3.63, 3.8) is 0 Å². The molecule has 0 radical (unpaired) electrons. The molecule has 2 fully saturated rings. The lowest BCUT2D eigenvalue weighted by Crippen LogP contribution is -2.37. The summed E-state index contributed by atoms with van der Waals surface area (Å²) in [6.07, 6.45) is 7.56. The third kappa shape index (κ3) is 10.1. The molecule has 11 nitrogen and oxygen atoms in total. The zero-order chi connectivity index (χ0) is 46.0. The van der Waals surface area contributed by atoms with Crippen molar-refractivity contribution in [1.82, 2.24) is 9.80 Å². The van der Waals surface area contributed by atoms with Crippen molar-refractivity contribution in [2.45, 2.75) is 44.9 Å². The molecular formula is C55H58N2O9. The Balaban J connectivity index is 1.14. The first-order valence-electron chi connectivity index (χ1n) is 22.7. The highest BCUT2D eigenvalue weighted by Crippen LogP contribution is 2.41. The number of hydrogen-bond donors (Lipinski definition) is 1. The average Bonchev–Trinajstić information content (AvgIpc) is 3.33. The summed E-state index contributed by atoms with van der Waals surface area (Å²) >= 11 is 0. The van der Waals surface area contributed by atoms with Crippen molar-refractivity contribution in [2.75, 3.05) is 65.8 Å². The van der Waals surface area contributed by atoms with E-state index in [0.29, 0.717) is 136 Å². The van der Waals surface area contributed by atoms with Gasteiger partial charge in [0.05, 0.1) is 37.6 Å². The van der Waals surface area contributed by atoms with Gasteiger partial charge in [0.15, 0.2) is 0 Å². The van der Waals surface area contributed by atoms with Gasteiger partial charge in [-0.1, -0.05) is 85.0 Å². The molecule has 0 amide bonds. The minimum Gasteiger partial charge on any atom is -0.490 e. The molecule has 8 rings (SSSR count). The highest BCUT2D eigenvalue weighted by atomic mass is 16.5. The number of benzene rings is 4. The van der Waals surface area contributed by atoms with Crippen LogP contribution in [0.25, 0.3) is 44.2 Å². The Morgan fingerprint density at radius 3 is 1.30 bits per heavy atom. The fourth-order valence-corrected chi connectivity index (χ4v) is 9.13. The van der Waals surface area contributed by atoms with Crippen LogP contribution in [-0.4, -0.2) is 86.8 Å². The number of hydrogen-bond acceptors (Lipinski definition) is 11. The van der Waals surface area contributed by atoms with Crippen LogP contribution in [0.15, 0.2) is 142 Å². The second-order valence-electron chi connectivity index (χ2n) is 16.7. The van der Waals surface area contributed by atoms with Gasteiger partial charge >= 0.3 is 11.3 Å². The Morgan fingerprint density at radius 1 is 0.561 bits per heavy atom. The van der Waals surface area contributed by atoms with E-state index in [1.54, 1.807) is 24.3 Å². The van der Waals surface area contributed by atoms with E-state index < -0.39 is 17.4 Å². The number of allylic oxidation sites excluding steroid dienone is 4. The molecule has 0 saturated carbocycles. The maximum Gasteiger partial charge on any atom is 0.341 e. The van der Waals surface area contributed by atoms with E-state index in [0.717, 1.165) is 44.2 Å². The summed E-state index contributed by atoms with van der Waals surface area (Å²) in [6.45, 7) is 21.9. The van der Waals surface area contributed by atoms with Gasteiger partial charge < -0.3 is 32.9 Å². The van der Waals surface area contributed by atoms with E-state index >= 15 is 0 Å². The van der Waals surface area contributed by atoms with Crippen LogP contribution in [0.5, 0.6) is 11.5 Å². The normalized spacial score (nSPS) is 14.7. The predicted octanol–water partition coefficient (Wildman–Crippen LogP) is 8.63. The topological polar surface area (TPSA) is 124 Å². The van der Waals surface area contributed by atoms with Crippen molar-refractivity contribution < 1.29 is 32.9 Å². The molecule has 0 spiro atoms. The lowest BCUT2D eigenvalue weighted by Gasteiger charge is -2.27. The fourth-order valence-electron chi connectivity index (χ4n) is 9.13. The van der Waals surface area contributed by atoms with Crippen LogP contribution in [0.1, 0.15) is 33.4 Å². The molecule has 0 bridgehead atoms. The van der Waals surface area contributed by atoms with Gasteiger partial charge in [-0.2, -0.15) is 0 Å². The molecule has 0 unspecified atom stereocenters. The summed E-state index contributed by atoms with van der Waals surface area (Å²) in [7, 11) is 0. The Morgan fingerprint density at radius 2 is 0.939 bits per heavy atom. The van der Waals surface area contributed by atoms with E-state index in [2.05, 4.69) is 36.1 Å². The number of fused-ring (bicyclic) bond motifs is 2. The lowest BCUT2D eigenvalue weighted by molar-refractivity contribution is 0.0338. The molecule has 2 aliphatic rings. The number of rotatable bonds is 20. The van der Waals surface area contributed by atoms with E-state index in [1.807, 2.05) is 72.8 Å². The van der Waals surface area contributed by atoms with Crippen LogP contribution in [-0.2, 0) is 48.2 Å². The second-order valence-corrected chi connectivity index (χ2v) is 16.7. The van der Waals surface area contributed by atoms with E-state index in [4.69, 9.17) is 27.8 Å². The summed E-state index contributed by atoms with van der Waals surface area (Å²) in [5.41, 5.74) is 7.48. The number of nitrogens with zero attached hydrogens (tertiary/aromatic N) is 2. The van der Waals surface area contributed by atoms with Gasteiger partial charge in [-0.25, -0.2) is 9.59 Å². The molecule has 66 heavy (non-hydrogen) atoms. The minimum atomic E-state index is -1.11. The van der Waals surface area contributed by atoms with E-state index in [-0.39, 0.29) is 13.2 Å². The van der Waals surface area contributed by atoms with Gasteiger partial charge in [-0.05, 0) is 60.1 Å². The third-order valence-corrected chi connectivity index (χ3v) is 12.2. The molecule has 4 aromatic carbocycles. The molecule has 2 saturated heterocycles.